The molecule has 0 unspecified atom stereocenters. The number of aryl methyl sites for hydroxylation is 2. The number of likely N-dealkylation sites (tertiary alicyclic amines) is 1. The lowest BCUT2D eigenvalue weighted by atomic mass is 10.1. The predicted octanol–water partition coefficient (Wildman–Crippen LogP) is 1.25. The Hall–Kier alpha value is -2.74. The van der Waals surface area contributed by atoms with Crippen molar-refractivity contribution in [1.82, 2.24) is 24.3 Å². The minimum atomic E-state index is -0.109. The third-order valence-corrected chi connectivity index (χ3v) is 6.41. The van der Waals surface area contributed by atoms with Gasteiger partial charge in [0.05, 0.1) is 23.8 Å². The maximum atomic E-state index is 12.7. The van der Waals surface area contributed by atoms with Gasteiger partial charge in [0.25, 0.3) is 5.56 Å². The molecule has 0 spiro atoms. The molecule has 31 heavy (non-hydrogen) atoms. The van der Waals surface area contributed by atoms with E-state index in [4.69, 9.17) is 0 Å². The van der Waals surface area contributed by atoms with Crippen LogP contribution in [0.3, 0.4) is 0 Å². The van der Waals surface area contributed by atoms with Gasteiger partial charge in [0, 0.05) is 52.2 Å². The smallest absolute Gasteiger partial charge is 0.261 e. The van der Waals surface area contributed by atoms with Gasteiger partial charge >= 0.3 is 0 Å². The van der Waals surface area contributed by atoms with E-state index in [0.29, 0.717) is 50.2 Å². The highest BCUT2D eigenvalue weighted by Gasteiger charge is 2.24. The average Bonchev–Trinajstić information content (AvgIpc) is 2.80. The molecule has 0 N–H and O–H groups in total. The highest BCUT2D eigenvalue weighted by molar-refractivity contribution is 5.80. The van der Waals surface area contributed by atoms with Gasteiger partial charge < -0.3 is 9.80 Å². The quantitative estimate of drug-likeness (QED) is 0.721. The second kappa shape index (κ2) is 9.60. The number of aromatic nitrogens is 2. The number of carbonyl (C=O) groups excluding carboxylic acids is 2. The average molecular weight is 426 g/mol. The fourth-order valence-electron chi connectivity index (χ4n) is 4.46. The summed E-state index contributed by atoms with van der Waals surface area (Å²) in [7, 11) is 0. The van der Waals surface area contributed by atoms with E-state index in [0.717, 1.165) is 31.5 Å². The van der Waals surface area contributed by atoms with Crippen LogP contribution < -0.4 is 5.56 Å². The Morgan fingerprint density at radius 3 is 2.39 bits per heavy atom. The van der Waals surface area contributed by atoms with Gasteiger partial charge in [0.1, 0.15) is 0 Å². The number of hydrogen-bond donors (Lipinski definition) is 0. The molecule has 2 aliphatic rings. The number of nitrogens with zero attached hydrogens (tertiary/aromatic N) is 5. The molecule has 4 rings (SSSR count). The van der Waals surface area contributed by atoms with Gasteiger partial charge in [-0.25, -0.2) is 4.98 Å². The molecular formula is C23H31N5O3. The number of amides is 2. The minimum absolute atomic E-state index is 0.0400. The Morgan fingerprint density at radius 2 is 1.65 bits per heavy atom. The van der Waals surface area contributed by atoms with Crippen molar-refractivity contribution in [2.24, 2.45) is 0 Å². The zero-order valence-corrected chi connectivity index (χ0v) is 18.3. The van der Waals surface area contributed by atoms with E-state index in [2.05, 4.69) is 9.88 Å². The van der Waals surface area contributed by atoms with E-state index in [1.54, 1.807) is 6.07 Å². The van der Waals surface area contributed by atoms with Crippen LogP contribution in [-0.4, -0.2) is 81.9 Å². The van der Waals surface area contributed by atoms with Gasteiger partial charge in [-0.1, -0.05) is 12.1 Å². The van der Waals surface area contributed by atoms with Gasteiger partial charge in [-0.15, -0.1) is 0 Å². The van der Waals surface area contributed by atoms with Crippen molar-refractivity contribution in [3.05, 3.63) is 40.4 Å². The molecule has 0 aliphatic carbocycles. The summed E-state index contributed by atoms with van der Waals surface area (Å²) in [6, 6.07) is 5.56. The number of benzene rings is 1. The van der Waals surface area contributed by atoms with Crippen LogP contribution in [0.2, 0.25) is 0 Å². The maximum Gasteiger partial charge on any atom is 0.261 e. The molecule has 0 atom stereocenters. The largest absolute Gasteiger partial charge is 0.342 e. The van der Waals surface area contributed by atoms with Gasteiger partial charge in [-0.05, 0) is 37.8 Å². The molecule has 8 nitrogen and oxygen atoms in total. The number of piperidine rings is 1. The Bertz CT molecular complexity index is 1000. The summed E-state index contributed by atoms with van der Waals surface area (Å²) >= 11 is 0. The van der Waals surface area contributed by atoms with E-state index in [1.165, 1.54) is 17.3 Å². The lowest BCUT2D eigenvalue weighted by Crippen LogP contribution is -2.52. The molecule has 3 heterocycles. The van der Waals surface area contributed by atoms with Crippen molar-refractivity contribution in [3.63, 3.8) is 0 Å². The van der Waals surface area contributed by atoms with Crippen LogP contribution in [-0.2, 0) is 16.1 Å². The van der Waals surface area contributed by atoms with Crippen LogP contribution >= 0.6 is 0 Å². The molecule has 8 heteroatoms. The number of fused-ring (bicyclic) bond motifs is 1. The second-order valence-electron chi connectivity index (χ2n) is 8.56. The fraction of sp³-hybridized carbons (Fsp3) is 0.565. The molecule has 2 saturated heterocycles. The summed E-state index contributed by atoms with van der Waals surface area (Å²) in [6.45, 7) is 7.11. The van der Waals surface area contributed by atoms with Crippen molar-refractivity contribution in [1.29, 1.82) is 0 Å². The maximum absolute atomic E-state index is 12.7. The molecule has 166 valence electrons. The first kappa shape index (κ1) is 21.5. The first-order chi connectivity index (χ1) is 15.0. The van der Waals surface area contributed by atoms with E-state index in [9.17, 15) is 14.4 Å². The SMILES string of the molecule is Cc1cccc2c(=O)n(CCC(=O)N3CCN(CC(=O)N4CCCCC4)CC3)cnc12. The number of hydrogen-bond acceptors (Lipinski definition) is 5. The minimum Gasteiger partial charge on any atom is -0.342 e. The highest BCUT2D eigenvalue weighted by Crippen LogP contribution is 2.12. The summed E-state index contributed by atoms with van der Waals surface area (Å²) in [5.74, 6) is 0.246. The van der Waals surface area contributed by atoms with E-state index >= 15 is 0 Å². The second-order valence-corrected chi connectivity index (χ2v) is 8.56. The fourth-order valence-corrected chi connectivity index (χ4v) is 4.46. The van der Waals surface area contributed by atoms with E-state index < -0.39 is 0 Å². The Morgan fingerprint density at radius 1 is 0.935 bits per heavy atom. The molecule has 2 aromatic rings. The molecule has 0 saturated carbocycles. The molecule has 2 aliphatic heterocycles. The van der Waals surface area contributed by atoms with Gasteiger partial charge in [0.15, 0.2) is 0 Å². The number of carbonyl (C=O) groups is 2. The summed E-state index contributed by atoms with van der Waals surface area (Å²) in [5.41, 5.74) is 1.57. The van der Waals surface area contributed by atoms with Crippen molar-refractivity contribution < 1.29 is 9.59 Å². The third kappa shape index (κ3) is 4.95. The summed E-state index contributed by atoms with van der Waals surface area (Å²) < 4.78 is 1.52. The molecule has 1 aromatic carbocycles. The standard InChI is InChI=1S/C23H31N5O3/c1-18-6-5-7-19-22(18)24-17-28(23(19)31)11-8-20(29)27-14-12-25(13-15-27)16-21(30)26-9-3-2-4-10-26/h5-7,17H,2-4,8-16H2,1H3. The topological polar surface area (TPSA) is 78.8 Å². The monoisotopic (exact) mass is 425 g/mol. The Kier molecular flexibility index (Phi) is 6.65. The lowest BCUT2D eigenvalue weighted by Gasteiger charge is -2.36. The van der Waals surface area contributed by atoms with Crippen LogP contribution in [0.4, 0.5) is 0 Å². The van der Waals surface area contributed by atoms with Crippen molar-refractivity contribution in [2.75, 3.05) is 45.8 Å². The molecule has 0 bridgehead atoms. The van der Waals surface area contributed by atoms with Crippen LogP contribution in [0.1, 0.15) is 31.2 Å². The lowest BCUT2D eigenvalue weighted by molar-refractivity contribution is -0.135. The van der Waals surface area contributed by atoms with Crippen LogP contribution in [0, 0.1) is 6.92 Å². The Balaban J connectivity index is 1.27. The van der Waals surface area contributed by atoms with E-state index in [1.807, 2.05) is 28.9 Å². The van der Waals surface area contributed by atoms with Gasteiger partial charge in [-0.2, -0.15) is 0 Å². The number of piperazine rings is 1. The molecule has 0 radical (unpaired) electrons. The molecule has 2 amide bonds. The molecule has 1 aromatic heterocycles. The third-order valence-electron chi connectivity index (χ3n) is 6.41. The van der Waals surface area contributed by atoms with Crippen molar-refractivity contribution in [3.8, 4) is 0 Å². The van der Waals surface area contributed by atoms with Crippen molar-refractivity contribution in [2.45, 2.75) is 39.2 Å². The first-order valence-corrected chi connectivity index (χ1v) is 11.3. The van der Waals surface area contributed by atoms with Crippen LogP contribution in [0.15, 0.2) is 29.3 Å². The first-order valence-electron chi connectivity index (χ1n) is 11.3. The van der Waals surface area contributed by atoms with E-state index in [-0.39, 0.29) is 23.8 Å². The zero-order chi connectivity index (χ0) is 21.8. The zero-order valence-electron chi connectivity index (χ0n) is 18.3. The van der Waals surface area contributed by atoms with Gasteiger partial charge in [-0.3, -0.25) is 23.9 Å². The molecular weight excluding hydrogens is 394 g/mol. The van der Waals surface area contributed by atoms with Crippen molar-refractivity contribution >= 4 is 22.7 Å². The van der Waals surface area contributed by atoms with Gasteiger partial charge in [0.2, 0.25) is 11.8 Å². The summed E-state index contributed by atoms with van der Waals surface area (Å²) in [5, 5.41) is 0.585. The van der Waals surface area contributed by atoms with Crippen LogP contribution in [0.25, 0.3) is 10.9 Å². The highest BCUT2D eigenvalue weighted by atomic mass is 16.2. The number of rotatable bonds is 5. The predicted molar refractivity (Wildman–Crippen MR) is 119 cm³/mol. The summed E-state index contributed by atoms with van der Waals surface area (Å²) in [6.07, 6.45) is 5.22. The normalized spacial score (nSPS) is 17.8. The summed E-state index contributed by atoms with van der Waals surface area (Å²) in [4.78, 5) is 48.2. The molecule has 2 fully saturated rings. The Labute approximate surface area is 182 Å². The number of para-hydroxylation sites is 1. The van der Waals surface area contributed by atoms with Crippen LogP contribution in [0.5, 0.6) is 0 Å².